The minimum atomic E-state index is -0.303. The summed E-state index contributed by atoms with van der Waals surface area (Å²) in [6, 6.07) is 6.07. The predicted molar refractivity (Wildman–Crippen MR) is 96.1 cm³/mol. The van der Waals surface area contributed by atoms with Crippen LogP contribution in [0.3, 0.4) is 0 Å². The largest absolute Gasteiger partial charge is 0.439 e. The molecule has 7 nitrogen and oxygen atoms in total. The van der Waals surface area contributed by atoms with Crippen LogP contribution in [0.2, 0.25) is 0 Å². The molecule has 0 unspecified atom stereocenters. The number of nitrogens with zero attached hydrogens (tertiary/aromatic N) is 4. The average molecular weight is 359 g/mol. The number of aryl methyl sites for hydroxylation is 1. The van der Waals surface area contributed by atoms with Crippen molar-refractivity contribution in [2.45, 2.75) is 13.8 Å². The molecule has 1 aliphatic heterocycles. The van der Waals surface area contributed by atoms with Gasteiger partial charge in [0.15, 0.2) is 0 Å². The van der Waals surface area contributed by atoms with Gasteiger partial charge in [-0.25, -0.2) is 19.2 Å². The second kappa shape index (κ2) is 7.99. The molecule has 1 aromatic carbocycles. The maximum Gasteiger partial charge on any atom is 0.317 e. The third kappa shape index (κ3) is 4.19. The first-order valence-corrected chi connectivity index (χ1v) is 8.60. The molecule has 0 spiro atoms. The fourth-order valence-electron chi connectivity index (χ4n) is 2.80. The summed E-state index contributed by atoms with van der Waals surface area (Å²) in [5.41, 5.74) is 0.695. The summed E-state index contributed by atoms with van der Waals surface area (Å²) in [6.45, 7) is 6.92. The fourth-order valence-corrected chi connectivity index (χ4v) is 2.80. The molecule has 0 radical (unpaired) electrons. The average Bonchev–Trinajstić information content (AvgIpc) is 2.65. The van der Waals surface area contributed by atoms with Gasteiger partial charge in [-0.05, 0) is 37.6 Å². The molecule has 2 amide bonds. The van der Waals surface area contributed by atoms with Gasteiger partial charge in [-0.15, -0.1) is 0 Å². The van der Waals surface area contributed by atoms with Gasteiger partial charge in [-0.3, -0.25) is 0 Å². The summed E-state index contributed by atoms with van der Waals surface area (Å²) >= 11 is 0. The maximum atomic E-state index is 13.2. The zero-order chi connectivity index (χ0) is 18.5. The van der Waals surface area contributed by atoms with Crippen LogP contribution in [0, 0.1) is 12.7 Å². The normalized spacial score (nSPS) is 14.3. The van der Waals surface area contributed by atoms with Gasteiger partial charge in [-0.2, -0.15) is 0 Å². The molecule has 1 saturated heterocycles. The zero-order valence-electron chi connectivity index (χ0n) is 14.9. The first kappa shape index (κ1) is 17.9. The van der Waals surface area contributed by atoms with E-state index in [-0.39, 0.29) is 11.8 Å². The minimum absolute atomic E-state index is 0.0364. The standard InChI is InChI=1S/C18H22FN5O2/c1-3-20-18(25)24-8-6-23(7-9-24)16-11-17(22-12-21-16)26-15-5-4-14(19)10-13(15)2/h4-5,10-12H,3,6-9H2,1-2H3,(H,20,25). The van der Waals surface area contributed by atoms with E-state index in [9.17, 15) is 9.18 Å². The van der Waals surface area contributed by atoms with Crippen molar-refractivity contribution in [2.75, 3.05) is 37.6 Å². The lowest BCUT2D eigenvalue weighted by molar-refractivity contribution is 0.195. The van der Waals surface area contributed by atoms with E-state index in [4.69, 9.17) is 4.74 Å². The zero-order valence-corrected chi connectivity index (χ0v) is 14.9. The Morgan fingerprint density at radius 1 is 1.23 bits per heavy atom. The predicted octanol–water partition coefficient (Wildman–Crippen LogP) is 2.57. The molecule has 2 heterocycles. The quantitative estimate of drug-likeness (QED) is 0.909. The lowest BCUT2D eigenvalue weighted by Gasteiger charge is -2.35. The van der Waals surface area contributed by atoms with Gasteiger partial charge in [-0.1, -0.05) is 0 Å². The Labute approximate surface area is 151 Å². The highest BCUT2D eigenvalue weighted by Crippen LogP contribution is 2.26. The molecule has 0 bridgehead atoms. The molecule has 1 aromatic heterocycles. The molecule has 3 rings (SSSR count). The van der Waals surface area contributed by atoms with Crippen LogP contribution in [0.15, 0.2) is 30.6 Å². The van der Waals surface area contributed by atoms with Crippen molar-refractivity contribution in [2.24, 2.45) is 0 Å². The number of amides is 2. The topological polar surface area (TPSA) is 70.6 Å². The summed E-state index contributed by atoms with van der Waals surface area (Å²) in [6.07, 6.45) is 1.44. The highest BCUT2D eigenvalue weighted by Gasteiger charge is 2.21. The first-order chi connectivity index (χ1) is 12.6. The van der Waals surface area contributed by atoms with Crippen molar-refractivity contribution in [3.05, 3.63) is 42.0 Å². The van der Waals surface area contributed by atoms with E-state index < -0.39 is 0 Å². The van der Waals surface area contributed by atoms with Crippen molar-refractivity contribution in [1.82, 2.24) is 20.2 Å². The van der Waals surface area contributed by atoms with Crippen molar-refractivity contribution in [1.29, 1.82) is 0 Å². The fraction of sp³-hybridized carbons (Fsp3) is 0.389. The monoisotopic (exact) mass is 359 g/mol. The summed E-state index contributed by atoms with van der Waals surface area (Å²) in [5.74, 6) is 1.39. The number of hydrogen-bond acceptors (Lipinski definition) is 5. The van der Waals surface area contributed by atoms with Gasteiger partial charge >= 0.3 is 6.03 Å². The second-order valence-corrected chi connectivity index (χ2v) is 6.04. The number of hydrogen-bond donors (Lipinski definition) is 1. The van der Waals surface area contributed by atoms with Crippen LogP contribution in [-0.2, 0) is 0 Å². The number of anilines is 1. The van der Waals surface area contributed by atoms with E-state index in [1.165, 1.54) is 18.5 Å². The Hall–Kier alpha value is -2.90. The molecule has 1 aliphatic rings. The van der Waals surface area contributed by atoms with Gasteiger partial charge < -0.3 is 19.9 Å². The number of ether oxygens (including phenoxy) is 1. The third-order valence-electron chi connectivity index (χ3n) is 4.20. The van der Waals surface area contributed by atoms with Gasteiger partial charge in [0.05, 0.1) is 0 Å². The van der Waals surface area contributed by atoms with Crippen LogP contribution in [0.1, 0.15) is 12.5 Å². The van der Waals surface area contributed by atoms with Crippen molar-refractivity contribution < 1.29 is 13.9 Å². The van der Waals surface area contributed by atoms with E-state index in [0.29, 0.717) is 49.9 Å². The number of nitrogens with one attached hydrogen (secondary N) is 1. The number of rotatable bonds is 4. The Morgan fingerprint density at radius 2 is 2.00 bits per heavy atom. The molecule has 0 saturated carbocycles. The molecule has 2 aromatic rings. The molecule has 26 heavy (non-hydrogen) atoms. The number of piperazine rings is 1. The molecule has 1 fully saturated rings. The number of benzene rings is 1. The summed E-state index contributed by atoms with van der Waals surface area (Å²) in [7, 11) is 0. The van der Waals surface area contributed by atoms with Crippen LogP contribution in [0.25, 0.3) is 0 Å². The highest BCUT2D eigenvalue weighted by atomic mass is 19.1. The van der Waals surface area contributed by atoms with Crippen LogP contribution in [0.4, 0.5) is 15.0 Å². The van der Waals surface area contributed by atoms with E-state index in [1.807, 2.05) is 6.92 Å². The molecular weight excluding hydrogens is 337 g/mol. The lowest BCUT2D eigenvalue weighted by Crippen LogP contribution is -2.52. The summed E-state index contributed by atoms with van der Waals surface area (Å²) in [4.78, 5) is 24.2. The summed E-state index contributed by atoms with van der Waals surface area (Å²) in [5, 5.41) is 2.81. The van der Waals surface area contributed by atoms with Crippen LogP contribution in [0.5, 0.6) is 11.6 Å². The Bertz CT molecular complexity index is 778. The third-order valence-corrected chi connectivity index (χ3v) is 4.20. The number of carbonyl (C=O) groups excluding carboxylic acids is 1. The molecule has 0 atom stereocenters. The second-order valence-electron chi connectivity index (χ2n) is 6.04. The molecule has 8 heteroatoms. The Kier molecular flexibility index (Phi) is 5.50. The van der Waals surface area contributed by atoms with Crippen LogP contribution in [-0.4, -0.2) is 53.6 Å². The number of halogens is 1. The van der Waals surface area contributed by atoms with E-state index in [2.05, 4.69) is 20.2 Å². The van der Waals surface area contributed by atoms with Crippen LogP contribution >= 0.6 is 0 Å². The molecular formula is C18H22FN5O2. The van der Waals surface area contributed by atoms with Gasteiger partial charge in [0.2, 0.25) is 5.88 Å². The maximum absolute atomic E-state index is 13.2. The number of carbonyl (C=O) groups is 1. The molecule has 1 N–H and O–H groups in total. The van der Waals surface area contributed by atoms with E-state index in [1.54, 1.807) is 24.0 Å². The molecule has 0 aliphatic carbocycles. The van der Waals surface area contributed by atoms with E-state index in [0.717, 1.165) is 5.82 Å². The van der Waals surface area contributed by atoms with Gasteiger partial charge in [0.1, 0.15) is 23.7 Å². The van der Waals surface area contributed by atoms with Gasteiger partial charge in [0, 0.05) is 38.8 Å². The number of urea groups is 1. The highest BCUT2D eigenvalue weighted by molar-refractivity contribution is 5.74. The van der Waals surface area contributed by atoms with Gasteiger partial charge in [0.25, 0.3) is 0 Å². The van der Waals surface area contributed by atoms with Crippen molar-refractivity contribution >= 4 is 11.8 Å². The Morgan fingerprint density at radius 3 is 2.69 bits per heavy atom. The van der Waals surface area contributed by atoms with E-state index >= 15 is 0 Å². The van der Waals surface area contributed by atoms with Crippen LogP contribution < -0.4 is 15.0 Å². The van der Waals surface area contributed by atoms with Crippen molar-refractivity contribution in [3.63, 3.8) is 0 Å². The SMILES string of the molecule is CCNC(=O)N1CCN(c2cc(Oc3ccc(F)cc3C)ncn2)CC1. The lowest BCUT2D eigenvalue weighted by atomic mass is 10.2. The smallest absolute Gasteiger partial charge is 0.317 e. The first-order valence-electron chi connectivity index (χ1n) is 8.60. The number of aromatic nitrogens is 2. The summed E-state index contributed by atoms with van der Waals surface area (Å²) < 4.78 is 19.0. The molecule has 138 valence electrons. The van der Waals surface area contributed by atoms with Crippen molar-refractivity contribution in [3.8, 4) is 11.6 Å². The minimum Gasteiger partial charge on any atom is -0.439 e. The Balaban J connectivity index is 1.65.